The van der Waals surface area contributed by atoms with Crippen molar-refractivity contribution in [1.82, 2.24) is 0 Å². The van der Waals surface area contributed by atoms with Gasteiger partial charge in [-0.2, -0.15) is 0 Å². The van der Waals surface area contributed by atoms with Crippen LogP contribution in [-0.2, 0) is 0 Å². The van der Waals surface area contributed by atoms with Crippen LogP contribution in [0.2, 0.25) is 0 Å². The van der Waals surface area contributed by atoms with E-state index in [0.29, 0.717) is 5.75 Å². The Bertz CT molecular complexity index is 266. The van der Waals surface area contributed by atoms with E-state index in [9.17, 15) is 0 Å². The van der Waals surface area contributed by atoms with Crippen molar-refractivity contribution in [3.63, 3.8) is 0 Å². The Balaban J connectivity index is 0. The first-order valence-corrected chi connectivity index (χ1v) is 8.77. The van der Waals surface area contributed by atoms with E-state index in [2.05, 4.69) is 34.6 Å². The molecule has 0 spiro atoms. The maximum atomic E-state index is 8.76. The summed E-state index contributed by atoms with van der Waals surface area (Å²) in [6.45, 7) is 13.2. The molecule has 1 nitrogen and oxygen atoms in total. The lowest BCUT2D eigenvalue weighted by Crippen LogP contribution is -1.90. The van der Waals surface area contributed by atoms with Crippen molar-refractivity contribution in [3.05, 3.63) is 29.8 Å². The Kier molecular flexibility index (Phi) is 18.1. The highest BCUT2D eigenvalue weighted by molar-refractivity contribution is 5.24. The molecule has 0 aliphatic rings. The third-order valence-corrected chi connectivity index (χ3v) is 3.53. The molecule has 0 bridgehead atoms. The zero-order valence-electron chi connectivity index (χ0n) is 15.3. The quantitative estimate of drug-likeness (QED) is 0.554. The van der Waals surface area contributed by atoms with Gasteiger partial charge in [-0.15, -0.1) is 0 Å². The molecule has 1 atom stereocenters. The third kappa shape index (κ3) is 19.0. The van der Waals surface area contributed by atoms with Crippen LogP contribution in [0.1, 0.15) is 85.1 Å². The Morgan fingerprint density at radius 3 is 1.71 bits per heavy atom. The summed E-state index contributed by atoms with van der Waals surface area (Å²) in [6.07, 6.45) is 9.64. The molecule has 0 fully saturated rings. The molecule has 1 aromatic rings. The van der Waals surface area contributed by atoms with Gasteiger partial charge in [0.25, 0.3) is 0 Å². The first-order valence-electron chi connectivity index (χ1n) is 8.77. The van der Waals surface area contributed by atoms with E-state index >= 15 is 0 Å². The largest absolute Gasteiger partial charge is 0.508 e. The SMILES string of the molecule is CCCC.CCCCCC(C)CC.Cc1ccc(O)cc1. The molecule has 0 radical (unpaired) electrons. The molecule has 1 rings (SSSR count). The molecule has 1 aromatic carbocycles. The molecule has 0 aliphatic heterocycles. The normalized spacial score (nSPS) is 10.8. The minimum atomic E-state index is 0.329. The summed E-state index contributed by atoms with van der Waals surface area (Å²) in [5, 5.41) is 8.76. The predicted octanol–water partition coefficient (Wildman–Crippen LogP) is 7.12. The summed E-state index contributed by atoms with van der Waals surface area (Å²) in [4.78, 5) is 0. The number of rotatable bonds is 6. The van der Waals surface area contributed by atoms with Crippen molar-refractivity contribution in [3.8, 4) is 5.75 Å². The van der Waals surface area contributed by atoms with Crippen LogP contribution in [0.4, 0.5) is 0 Å². The molecular weight excluding hydrogens is 256 g/mol. The molecule has 0 saturated heterocycles. The van der Waals surface area contributed by atoms with Crippen LogP contribution in [0.15, 0.2) is 24.3 Å². The molecule has 124 valence electrons. The highest BCUT2D eigenvalue weighted by Gasteiger charge is 1.95. The third-order valence-electron chi connectivity index (χ3n) is 3.53. The van der Waals surface area contributed by atoms with Crippen LogP contribution < -0.4 is 0 Å². The molecule has 21 heavy (non-hydrogen) atoms. The fourth-order valence-corrected chi connectivity index (χ4v) is 1.49. The number of benzene rings is 1. The van der Waals surface area contributed by atoms with Gasteiger partial charge in [0.2, 0.25) is 0 Å². The maximum absolute atomic E-state index is 8.76. The molecule has 0 aliphatic carbocycles. The summed E-state index contributed by atoms with van der Waals surface area (Å²) >= 11 is 0. The molecule has 0 saturated carbocycles. The second-order valence-electron chi connectivity index (χ2n) is 5.84. The summed E-state index contributed by atoms with van der Waals surface area (Å²) in [7, 11) is 0. The van der Waals surface area contributed by atoms with E-state index in [4.69, 9.17) is 5.11 Å². The van der Waals surface area contributed by atoms with Gasteiger partial charge in [-0.05, 0) is 25.0 Å². The number of aryl methyl sites for hydroxylation is 1. The Morgan fingerprint density at radius 1 is 0.857 bits per heavy atom. The Labute approximate surface area is 133 Å². The van der Waals surface area contributed by atoms with E-state index in [-0.39, 0.29) is 0 Å². The van der Waals surface area contributed by atoms with Crippen molar-refractivity contribution in [2.45, 2.75) is 86.5 Å². The highest BCUT2D eigenvalue weighted by atomic mass is 16.3. The number of aromatic hydroxyl groups is 1. The molecule has 1 N–H and O–H groups in total. The molecular formula is C20H38O. The van der Waals surface area contributed by atoms with Gasteiger partial charge in [0.15, 0.2) is 0 Å². The molecule has 0 aromatic heterocycles. The van der Waals surface area contributed by atoms with Crippen LogP contribution in [0.25, 0.3) is 0 Å². The minimum absolute atomic E-state index is 0.329. The standard InChI is InChI=1S/C9H20.C7H8O.C4H10/c1-4-6-7-8-9(3)5-2;1-6-2-4-7(8)5-3-6;1-3-4-2/h9H,4-8H2,1-3H3;2-5,8H,1H3;3-4H2,1-2H3. The predicted molar refractivity (Wildman–Crippen MR) is 97.0 cm³/mol. The van der Waals surface area contributed by atoms with Crippen molar-refractivity contribution >= 4 is 0 Å². The van der Waals surface area contributed by atoms with E-state index in [0.717, 1.165) is 5.92 Å². The van der Waals surface area contributed by atoms with E-state index < -0.39 is 0 Å². The van der Waals surface area contributed by atoms with Crippen molar-refractivity contribution in [2.75, 3.05) is 0 Å². The number of phenolic OH excluding ortho intramolecular Hbond substituents is 1. The van der Waals surface area contributed by atoms with Gasteiger partial charge in [-0.25, -0.2) is 0 Å². The minimum Gasteiger partial charge on any atom is -0.508 e. The second-order valence-corrected chi connectivity index (χ2v) is 5.84. The fraction of sp³-hybridized carbons (Fsp3) is 0.700. The average Bonchev–Trinajstić information content (AvgIpc) is 2.51. The topological polar surface area (TPSA) is 20.2 Å². The molecule has 0 heterocycles. The fourth-order valence-electron chi connectivity index (χ4n) is 1.49. The number of phenols is 1. The van der Waals surface area contributed by atoms with Crippen molar-refractivity contribution in [2.24, 2.45) is 5.92 Å². The lowest BCUT2D eigenvalue weighted by molar-refractivity contribution is 0.475. The van der Waals surface area contributed by atoms with Crippen LogP contribution >= 0.6 is 0 Å². The van der Waals surface area contributed by atoms with Crippen LogP contribution in [0.5, 0.6) is 5.75 Å². The molecule has 1 heteroatoms. The summed E-state index contributed by atoms with van der Waals surface area (Å²) in [6, 6.07) is 7.09. The first kappa shape index (κ1) is 22.3. The van der Waals surface area contributed by atoms with Crippen LogP contribution in [-0.4, -0.2) is 5.11 Å². The molecule has 1 unspecified atom stereocenters. The monoisotopic (exact) mass is 294 g/mol. The van der Waals surface area contributed by atoms with Crippen LogP contribution in [0, 0.1) is 12.8 Å². The van der Waals surface area contributed by atoms with E-state index in [1.807, 2.05) is 19.1 Å². The molecule has 0 amide bonds. The number of hydrogen-bond donors (Lipinski definition) is 1. The van der Waals surface area contributed by atoms with Crippen molar-refractivity contribution in [1.29, 1.82) is 0 Å². The smallest absolute Gasteiger partial charge is 0.115 e. The second kappa shape index (κ2) is 17.1. The highest BCUT2D eigenvalue weighted by Crippen LogP contribution is 2.11. The zero-order chi connectivity index (χ0) is 16.5. The van der Waals surface area contributed by atoms with Gasteiger partial charge in [-0.3, -0.25) is 0 Å². The summed E-state index contributed by atoms with van der Waals surface area (Å²) in [5.74, 6) is 1.28. The van der Waals surface area contributed by atoms with Crippen LogP contribution in [0.3, 0.4) is 0 Å². The van der Waals surface area contributed by atoms with Gasteiger partial charge in [-0.1, -0.05) is 97.3 Å². The van der Waals surface area contributed by atoms with Gasteiger partial charge >= 0.3 is 0 Å². The maximum Gasteiger partial charge on any atom is 0.115 e. The summed E-state index contributed by atoms with van der Waals surface area (Å²) in [5.41, 5.74) is 1.17. The Morgan fingerprint density at radius 2 is 1.38 bits per heavy atom. The van der Waals surface area contributed by atoms with Gasteiger partial charge in [0.05, 0.1) is 0 Å². The number of unbranched alkanes of at least 4 members (excludes halogenated alkanes) is 3. The first-order chi connectivity index (χ1) is 10.0. The zero-order valence-corrected chi connectivity index (χ0v) is 15.3. The summed E-state index contributed by atoms with van der Waals surface area (Å²) < 4.78 is 0. The lowest BCUT2D eigenvalue weighted by atomic mass is 10.0. The Hall–Kier alpha value is -0.980. The average molecular weight is 295 g/mol. The van der Waals surface area contributed by atoms with Gasteiger partial charge in [0, 0.05) is 0 Å². The number of hydrogen-bond acceptors (Lipinski definition) is 1. The van der Waals surface area contributed by atoms with Gasteiger partial charge in [0.1, 0.15) is 5.75 Å². The van der Waals surface area contributed by atoms with E-state index in [1.54, 1.807) is 12.1 Å². The van der Waals surface area contributed by atoms with E-state index in [1.165, 1.54) is 50.5 Å². The van der Waals surface area contributed by atoms with Gasteiger partial charge < -0.3 is 5.11 Å². The lowest BCUT2D eigenvalue weighted by Gasteiger charge is -2.05. The van der Waals surface area contributed by atoms with Crippen molar-refractivity contribution < 1.29 is 5.11 Å².